The number of rotatable bonds is 6. The van der Waals surface area contributed by atoms with Gasteiger partial charge in [-0.25, -0.2) is 0 Å². The van der Waals surface area contributed by atoms with Crippen LogP contribution in [-0.4, -0.2) is 38.7 Å². The molecule has 2 N–H and O–H groups in total. The summed E-state index contributed by atoms with van der Waals surface area (Å²) >= 11 is 0. The van der Waals surface area contributed by atoms with Crippen molar-refractivity contribution in [2.24, 2.45) is 0 Å². The summed E-state index contributed by atoms with van der Waals surface area (Å²) in [5.74, 6) is -0.622. The number of ether oxygens (including phenoxy) is 4. The zero-order chi connectivity index (χ0) is 27.5. The van der Waals surface area contributed by atoms with E-state index in [1.54, 1.807) is 0 Å². The van der Waals surface area contributed by atoms with Crippen LogP contribution in [0.5, 0.6) is 34.5 Å². The van der Waals surface area contributed by atoms with Gasteiger partial charge in [0.15, 0.2) is 11.5 Å². The first kappa shape index (κ1) is 24.5. The second-order valence-corrected chi connectivity index (χ2v) is 8.54. The third-order valence-electron chi connectivity index (χ3n) is 6.96. The van der Waals surface area contributed by atoms with E-state index in [0.717, 1.165) is 0 Å². The van der Waals surface area contributed by atoms with Crippen molar-refractivity contribution >= 4 is 43.1 Å². The monoisotopic (exact) mass is 512 g/mol. The first-order chi connectivity index (χ1) is 18.3. The van der Waals surface area contributed by atoms with Crippen LogP contribution in [0.15, 0.2) is 21.7 Å². The highest BCUT2D eigenvalue weighted by atomic mass is 16.5. The van der Waals surface area contributed by atoms with E-state index in [0.29, 0.717) is 10.8 Å². The minimum Gasteiger partial charge on any atom is -0.504 e. The van der Waals surface area contributed by atoms with Gasteiger partial charge in [0, 0.05) is 44.8 Å². The van der Waals surface area contributed by atoms with Gasteiger partial charge in [0.2, 0.25) is 10.9 Å². The lowest BCUT2D eigenvalue weighted by Gasteiger charge is -2.23. The van der Waals surface area contributed by atoms with E-state index in [1.807, 2.05) is 12.1 Å². The molecule has 38 heavy (non-hydrogen) atoms. The molecule has 0 aromatic heterocycles. The van der Waals surface area contributed by atoms with E-state index in [2.05, 4.69) is 0 Å². The molecule has 0 saturated carbocycles. The predicted octanol–water partition coefficient (Wildman–Crippen LogP) is 3.47. The summed E-state index contributed by atoms with van der Waals surface area (Å²) < 4.78 is 22.4. The van der Waals surface area contributed by atoms with Crippen molar-refractivity contribution in [1.82, 2.24) is 0 Å². The summed E-state index contributed by atoms with van der Waals surface area (Å²) in [5, 5.41) is 43.1. The van der Waals surface area contributed by atoms with Gasteiger partial charge in [-0.05, 0) is 10.8 Å². The highest BCUT2D eigenvalue weighted by Crippen LogP contribution is 2.53. The quantitative estimate of drug-likeness (QED) is 0.255. The minimum atomic E-state index is -0.770. The Labute approximate surface area is 214 Å². The maximum atomic E-state index is 13.5. The molecule has 10 nitrogen and oxygen atoms in total. The van der Waals surface area contributed by atoms with Gasteiger partial charge < -0.3 is 29.2 Å². The standard InChI is InChI=1S/C28H20N2O8/c1-35-13-9-15(37-3)21-23-17(11(5-7-29)25(31)27(21)33)18-12(6-8-30)26(32)28(34)22-16(38-4)10-14(36-2)20(19(13)23)24(18)22/h9-10,31-32H,5-6H2,1-4H3. The molecular formula is C28H20N2O8. The second-order valence-electron chi connectivity index (χ2n) is 8.54. The molecule has 10 heteroatoms. The number of methoxy groups -OCH3 is 4. The van der Waals surface area contributed by atoms with Crippen LogP contribution in [0.4, 0.5) is 0 Å². The maximum Gasteiger partial charge on any atom is 0.232 e. The molecule has 0 fully saturated rings. The van der Waals surface area contributed by atoms with Crippen LogP contribution in [0.2, 0.25) is 0 Å². The zero-order valence-electron chi connectivity index (χ0n) is 20.8. The summed E-state index contributed by atoms with van der Waals surface area (Å²) in [5.41, 5.74) is -1.58. The van der Waals surface area contributed by atoms with E-state index < -0.39 is 22.4 Å². The Morgan fingerprint density at radius 1 is 0.579 bits per heavy atom. The van der Waals surface area contributed by atoms with Gasteiger partial charge >= 0.3 is 0 Å². The first-order valence-electron chi connectivity index (χ1n) is 11.3. The molecule has 0 aliphatic carbocycles. The molecule has 0 saturated heterocycles. The normalized spacial score (nSPS) is 11.2. The fraction of sp³-hybridized carbons (Fsp3) is 0.214. The average Bonchev–Trinajstić information content (AvgIpc) is 2.93. The molecule has 5 aromatic carbocycles. The second kappa shape index (κ2) is 8.71. The molecule has 5 aromatic rings. The maximum absolute atomic E-state index is 13.5. The van der Waals surface area contributed by atoms with Crippen molar-refractivity contribution in [3.63, 3.8) is 0 Å². The number of fused-ring (bicyclic) bond motifs is 2. The molecule has 0 amide bonds. The van der Waals surface area contributed by atoms with E-state index in [1.165, 1.54) is 40.6 Å². The molecule has 0 spiro atoms. The summed E-state index contributed by atoms with van der Waals surface area (Å²) in [6.45, 7) is 0. The number of nitrogens with zero attached hydrogens (tertiary/aromatic N) is 2. The van der Waals surface area contributed by atoms with E-state index >= 15 is 0 Å². The van der Waals surface area contributed by atoms with Gasteiger partial charge in [-0.2, -0.15) is 10.5 Å². The molecule has 0 unspecified atom stereocenters. The fourth-order valence-corrected chi connectivity index (χ4v) is 5.46. The fourth-order valence-electron chi connectivity index (χ4n) is 5.46. The molecule has 0 aliphatic heterocycles. The van der Waals surface area contributed by atoms with Crippen LogP contribution in [0, 0.1) is 22.7 Å². The average molecular weight is 512 g/mol. The Bertz CT molecular complexity index is 1860. The van der Waals surface area contributed by atoms with E-state index in [9.17, 15) is 30.3 Å². The Morgan fingerprint density at radius 2 is 0.895 bits per heavy atom. The van der Waals surface area contributed by atoms with E-state index in [-0.39, 0.29) is 79.3 Å². The molecule has 0 heterocycles. The number of hydrogen-bond donors (Lipinski definition) is 2. The van der Waals surface area contributed by atoms with E-state index in [4.69, 9.17) is 18.9 Å². The third-order valence-corrected chi connectivity index (χ3v) is 6.96. The van der Waals surface area contributed by atoms with Gasteiger partial charge in [0.25, 0.3) is 0 Å². The molecule has 190 valence electrons. The van der Waals surface area contributed by atoms with Gasteiger partial charge in [-0.3, -0.25) is 9.59 Å². The minimum absolute atomic E-state index is 0.00255. The number of aromatic hydroxyl groups is 2. The lowest BCUT2D eigenvalue weighted by atomic mass is 9.82. The van der Waals surface area contributed by atoms with Crippen molar-refractivity contribution in [3.8, 4) is 46.6 Å². The van der Waals surface area contributed by atoms with Crippen molar-refractivity contribution in [2.75, 3.05) is 28.4 Å². The number of hydrogen-bond acceptors (Lipinski definition) is 10. The molecule has 5 rings (SSSR count). The van der Waals surface area contributed by atoms with Crippen LogP contribution < -0.4 is 29.8 Å². The smallest absolute Gasteiger partial charge is 0.232 e. The Hall–Kier alpha value is -5.22. The molecule has 0 radical (unpaired) electrons. The predicted molar refractivity (Wildman–Crippen MR) is 140 cm³/mol. The van der Waals surface area contributed by atoms with Crippen molar-refractivity contribution in [2.45, 2.75) is 12.8 Å². The summed E-state index contributed by atoms with van der Waals surface area (Å²) in [6, 6.07) is 6.92. The van der Waals surface area contributed by atoms with Gasteiger partial charge in [0.05, 0.1) is 64.2 Å². The SMILES string of the molecule is COc1cc(OC)c2c3c(OC)cc(OC)c4c(=O)c(O)c(CC#N)c(c5c(CC#N)c(O)c(=O)c1c25)c43. The molecule has 0 aliphatic rings. The topological polar surface area (TPSA) is 159 Å². The number of nitriles is 2. The third kappa shape index (κ3) is 2.91. The van der Waals surface area contributed by atoms with Crippen LogP contribution in [0.3, 0.4) is 0 Å². The summed E-state index contributed by atoms with van der Waals surface area (Å²) in [4.78, 5) is 27.0. The highest BCUT2D eigenvalue weighted by molar-refractivity contribution is 6.38. The summed E-state index contributed by atoms with van der Waals surface area (Å²) in [7, 11) is 5.56. The Kier molecular flexibility index (Phi) is 5.61. The van der Waals surface area contributed by atoms with Crippen molar-refractivity contribution < 1.29 is 29.2 Å². The first-order valence-corrected chi connectivity index (χ1v) is 11.3. The van der Waals surface area contributed by atoms with Crippen LogP contribution >= 0.6 is 0 Å². The van der Waals surface area contributed by atoms with Gasteiger partial charge in [-0.1, -0.05) is 0 Å². The largest absolute Gasteiger partial charge is 0.504 e. The highest BCUT2D eigenvalue weighted by Gasteiger charge is 2.31. The molecule has 0 atom stereocenters. The van der Waals surface area contributed by atoms with Gasteiger partial charge in [-0.15, -0.1) is 0 Å². The zero-order valence-corrected chi connectivity index (χ0v) is 20.8. The van der Waals surface area contributed by atoms with Crippen molar-refractivity contribution in [3.05, 3.63) is 43.7 Å². The summed E-state index contributed by atoms with van der Waals surface area (Å²) in [6.07, 6.45) is -0.760. The lowest BCUT2D eigenvalue weighted by molar-refractivity contribution is 0.398. The number of phenols is 2. The van der Waals surface area contributed by atoms with Crippen LogP contribution in [0.25, 0.3) is 43.1 Å². The van der Waals surface area contributed by atoms with Crippen LogP contribution in [0.1, 0.15) is 11.1 Å². The Morgan fingerprint density at radius 3 is 1.18 bits per heavy atom. The lowest BCUT2D eigenvalue weighted by Crippen LogP contribution is -2.12. The number of benzene rings is 5. The number of phenolic OH excluding ortho intramolecular Hbond substituents is 2. The Balaban J connectivity index is 2.41. The van der Waals surface area contributed by atoms with Gasteiger partial charge in [0.1, 0.15) is 23.0 Å². The molecule has 0 bridgehead atoms. The molecular weight excluding hydrogens is 492 g/mol. The van der Waals surface area contributed by atoms with Crippen LogP contribution in [-0.2, 0) is 12.8 Å². The van der Waals surface area contributed by atoms with Crippen molar-refractivity contribution in [1.29, 1.82) is 10.5 Å².